The Hall–Kier alpha value is -2.67. The first-order valence-corrected chi connectivity index (χ1v) is 6.65. The van der Waals surface area contributed by atoms with Gasteiger partial charge in [-0.1, -0.05) is 12.7 Å². The van der Waals surface area contributed by atoms with E-state index >= 15 is 0 Å². The number of nitro benzene ring substituents is 1. The molecule has 1 atom stereocenters. The van der Waals surface area contributed by atoms with E-state index in [4.69, 9.17) is 10.8 Å². The summed E-state index contributed by atoms with van der Waals surface area (Å²) in [6.07, 6.45) is 1.45. The van der Waals surface area contributed by atoms with Crippen LogP contribution < -0.4 is 5.73 Å². The summed E-state index contributed by atoms with van der Waals surface area (Å²) in [5.74, 6) is -1.14. The Kier molecular flexibility index (Phi) is 4.01. The van der Waals surface area contributed by atoms with Crippen LogP contribution in [-0.4, -0.2) is 26.6 Å². The minimum Gasteiger partial charge on any atom is -0.480 e. The van der Waals surface area contributed by atoms with E-state index in [9.17, 15) is 14.9 Å². The smallest absolute Gasteiger partial charge is 0.320 e. The number of nitrogens with zero attached hydrogens (tertiary/aromatic N) is 2. The van der Waals surface area contributed by atoms with Gasteiger partial charge in [0.15, 0.2) is 0 Å². The van der Waals surface area contributed by atoms with Crippen LogP contribution in [0.15, 0.2) is 18.7 Å². The summed E-state index contributed by atoms with van der Waals surface area (Å²) >= 11 is 0. The van der Waals surface area contributed by atoms with Crippen LogP contribution >= 0.6 is 0 Å². The number of benzene rings is 1. The van der Waals surface area contributed by atoms with Crippen LogP contribution in [0.25, 0.3) is 17.0 Å². The highest BCUT2D eigenvalue weighted by Crippen LogP contribution is 2.36. The number of aromatic nitrogens is 1. The number of carboxylic acids is 1. The number of aryl methyl sites for hydroxylation is 1. The predicted molar refractivity (Wildman–Crippen MR) is 83.7 cm³/mol. The van der Waals surface area contributed by atoms with Gasteiger partial charge in [0.2, 0.25) is 0 Å². The molecule has 0 aliphatic carbocycles. The van der Waals surface area contributed by atoms with Crippen LogP contribution in [0.4, 0.5) is 5.69 Å². The van der Waals surface area contributed by atoms with Crippen molar-refractivity contribution in [3.05, 3.63) is 45.6 Å². The van der Waals surface area contributed by atoms with Gasteiger partial charge < -0.3 is 15.4 Å². The van der Waals surface area contributed by atoms with Crippen molar-refractivity contribution in [1.29, 1.82) is 0 Å². The fourth-order valence-corrected chi connectivity index (χ4v) is 2.66. The highest BCUT2D eigenvalue weighted by molar-refractivity contribution is 5.97. The van der Waals surface area contributed by atoms with Crippen molar-refractivity contribution < 1.29 is 14.8 Å². The van der Waals surface area contributed by atoms with Crippen molar-refractivity contribution >= 4 is 28.6 Å². The Labute approximate surface area is 126 Å². The van der Waals surface area contributed by atoms with Crippen LogP contribution in [0, 0.1) is 17.0 Å². The number of carbonyl (C=O) groups is 1. The molecule has 0 bridgehead atoms. The Morgan fingerprint density at radius 1 is 1.59 bits per heavy atom. The van der Waals surface area contributed by atoms with Crippen molar-refractivity contribution in [3.8, 4) is 0 Å². The van der Waals surface area contributed by atoms with Gasteiger partial charge in [0.1, 0.15) is 6.04 Å². The molecule has 116 valence electrons. The summed E-state index contributed by atoms with van der Waals surface area (Å²) < 4.78 is 1.80. The molecule has 0 saturated heterocycles. The Bertz CT molecular complexity index is 792. The highest BCUT2D eigenvalue weighted by Gasteiger charge is 2.26. The molecule has 1 aromatic heterocycles. The van der Waals surface area contributed by atoms with Crippen LogP contribution in [0.3, 0.4) is 0 Å². The van der Waals surface area contributed by atoms with Crippen LogP contribution in [-0.2, 0) is 18.3 Å². The maximum absolute atomic E-state index is 11.5. The number of rotatable bonds is 5. The van der Waals surface area contributed by atoms with Crippen molar-refractivity contribution in [1.82, 2.24) is 4.57 Å². The van der Waals surface area contributed by atoms with Crippen LogP contribution in [0.2, 0.25) is 0 Å². The zero-order chi connectivity index (χ0) is 16.6. The van der Waals surface area contributed by atoms with Crippen molar-refractivity contribution in [2.45, 2.75) is 19.4 Å². The molecule has 0 fully saturated rings. The molecule has 0 spiro atoms. The van der Waals surface area contributed by atoms with Gasteiger partial charge in [-0.05, 0) is 24.6 Å². The third-order valence-electron chi connectivity index (χ3n) is 3.93. The highest BCUT2D eigenvalue weighted by atomic mass is 16.6. The molecule has 7 nitrogen and oxygen atoms in total. The molecular weight excluding hydrogens is 286 g/mol. The van der Waals surface area contributed by atoms with Crippen LogP contribution in [0.5, 0.6) is 0 Å². The topological polar surface area (TPSA) is 111 Å². The van der Waals surface area contributed by atoms with Gasteiger partial charge >= 0.3 is 5.97 Å². The molecule has 0 amide bonds. The summed E-state index contributed by atoms with van der Waals surface area (Å²) in [5.41, 5.74) is 7.96. The van der Waals surface area contributed by atoms with Crippen molar-refractivity contribution in [2.75, 3.05) is 0 Å². The lowest BCUT2D eigenvalue weighted by Crippen LogP contribution is -2.32. The lowest BCUT2D eigenvalue weighted by atomic mass is 9.99. The second-order valence-electron chi connectivity index (χ2n) is 5.13. The zero-order valence-electron chi connectivity index (χ0n) is 12.4. The standard InChI is InChI=1S/C15H17N3O4/c1-4-9-5-6-12-13(14(9)18(21)22)10(8(2)17(12)3)7-11(16)15(19)20/h4-6,11H,1,7,16H2,2-3H3,(H,19,20). The second kappa shape index (κ2) is 5.61. The number of aliphatic carboxylic acids is 1. The van der Waals surface area contributed by atoms with Gasteiger partial charge in [-0.3, -0.25) is 14.9 Å². The average Bonchev–Trinajstić information content (AvgIpc) is 2.70. The molecule has 0 radical (unpaired) electrons. The Morgan fingerprint density at radius 3 is 2.73 bits per heavy atom. The molecule has 7 heteroatoms. The molecule has 1 heterocycles. The summed E-state index contributed by atoms with van der Waals surface area (Å²) in [6, 6.07) is 2.28. The zero-order valence-corrected chi connectivity index (χ0v) is 12.4. The van der Waals surface area contributed by atoms with Gasteiger partial charge in [0.25, 0.3) is 5.69 Å². The molecule has 1 unspecified atom stereocenters. The number of fused-ring (bicyclic) bond motifs is 1. The fourth-order valence-electron chi connectivity index (χ4n) is 2.66. The normalized spacial score (nSPS) is 12.3. The first-order chi connectivity index (χ1) is 10.3. The summed E-state index contributed by atoms with van der Waals surface area (Å²) in [6.45, 7) is 5.39. The van der Waals surface area contributed by atoms with E-state index in [0.29, 0.717) is 22.0 Å². The van der Waals surface area contributed by atoms with E-state index in [1.807, 2.05) is 0 Å². The third kappa shape index (κ3) is 2.35. The van der Waals surface area contributed by atoms with Gasteiger partial charge in [-0.25, -0.2) is 0 Å². The predicted octanol–water partition coefficient (Wildman–Crippen LogP) is 1.99. The number of hydrogen-bond acceptors (Lipinski definition) is 4. The Balaban J connectivity index is 2.85. The molecule has 3 N–H and O–H groups in total. The molecule has 1 aromatic carbocycles. The molecule has 0 saturated carbocycles. The SMILES string of the molecule is C=Cc1ccc2c(c(CC(N)C(=O)O)c(C)n2C)c1[N+](=O)[O-]. The molecule has 22 heavy (non-hydrogen) atoms. The number of carboxylic acid groups (broad SMARTS) is 1. The van der Waals surface area contributed by atoms with Crippen molar-refractivity contribution in [2.24, 2.45) is 12.8 Å². The molecular formula is C15H17N3O4. The largest absolute Gasteiger partial charge is 0.480 e. The van der Waals surface area contributed by atoms with Gasteiger partial charge in [-0.15, -0.1) is 0 Å². The Morgan fingerprint density at radius 2 is 2.23 bits per heavy atom. The summed E-state index contributed by atoms with van der Waals surface area (Å²) in [5, 5.41) is 20.9. The number of nitrogens with two attached hydrogens (primary N) is 1. The van der Waals surface area contributed by atoms with E-state index in [-0.39, 0.29) is 12.1 Å². The minimum absolute atomic E-state index is 0.0277. The molecule has 2 rings (SSSR count). The average molecular weight is 303 g/mol. The van der Waals surface area contributed by atoms with E-state index < -0.39 is 16.9 Å². The van der Waals surface area contributed by atoms with Gasteiger partial charge in [-0.2, -0.15) is 0 Å². The number of hydrogen-bond donors (Lipinski definition) is 2. The number of nitro groups is 1. The van der Waals surface area contributed by atoms with E-state index in [1.54, 1.807) is 30.7 Å². The first kappa shape index (κ1) is 15.7. The maximum Gasteiger partial charge on any atom is 0.320 e. The minimum atomic E-state index is -1.14. The lowest BCUT2D eigenvalue weighted by molar-refractivity contribution is -0.383. The van der Waals surface area contributed by atoms with E-state index in [0.717, 1.165) is 5.69 Å². The fraction of sp³-hybridized carbons (Fsp3) is 0.267. The maximum atomic E-state index is 11.5. The first-order valence-electron chi connectivity index (χ1n) is 6.65. The second-order valence-corrected chi connectivity index (χ2v) is 5.13. The quantitative estimate of drug-likeness (QED) is 0.648. The van der Waals surface area contributed by atoms with Gasteiger partial charge in [0, 0.05) is 19.2 Å². The van der Waals surface area contributed by atoms with Crippen LogP contribution in [0.1, 0.15) is 16.8 Å². The van der Waals surface area contributed by atoms with Gasteiger partial charge in [0.05, 0.1) is 21.4 Å². The van der Waals surface area contributed by atoms with Crippen molar-refractivity contribution in [3.63, 3.8) is 0 Å². The summed E-state index contributed by atoms with van der Waals surface area (Å²) in [4.78, 5) is 22.0. The molecule has 2 aromatic rings. The lowest BCUT2D eigenvalue weighted by Gasteiger charge is -2.07. The molecule has 0 aliphatic heterocycles. The third-order valence-corrected chi connectivity index (χ3v) is 3.93. The summed E-state index contributed by atoms with van der Waals surface area (Å²) in [7, 11) is 1.78. The van der Waals surface area contributed by atoms with E-state index in [2.05, 4.69) is 6.58 Å². The molecule has 0 aliphatic rings. The monoisotopic (exact) mass is 303 g/mol. The van der Waals surface area contributed by atoms with E-state index in [1.165, 1.54) is 6.08 Å².